The third kappa shape index (κ3) is 6.31. The average Bonchev–Trinajstić information content (AvgIpc) is 2.77. The first-order chi connectivity index (χ1) is 16.1. The van der Waals surface area contributed by atoms with Crippen LogP contribution in [0.4, 0.5) is 5.69 Å². The zero-order chi connectivity index (χ0) is 25.4. The Labute approximate surface area is 197 Å². The Hall–Kier alpha value is -3.95. The minimum Gasteiger partial charge on any atom is -0.463 e. The van der Waals surface area contributed by atoms with Gasteiger partial charge in [-0.25, -0.2) is 9.59 Å². The Morgan fingerprint density at radius 2 is 1.35 bits per heavy atom. The molecule has 2 rings (SSSR count). The second-order valence-electron chi connectivity index (χ2n) is 7.37. The maximum absolute atomic E-state index is 13.1. The summed E-state index contributed by atoms with van der Waals surface area (Å²) < 4.78 is 15.3. The van der Waals surface area contributed by atoms with Crippen molar-refractivity contribution < 1.29 is 38.2 Å². The minimum absolute atomic E-state index is 0.0552. The van der Waals surface area contributed by atoms with E-state index < -0.39 is 36.3 Å². The molecule has 0 saturated carbocycles. The molecule has 0 spiro atoms. The van der Waals surface area contributed by atoms with Crippen LogP contribution in [0, 0.1) is 5.92 Å². The average molecular weight is 472 g/mol. The predicted molar refractivity (Wildman–Crippen MR) is 121 cm³/mol. The number of carbonyl (C=O) groups is 5. The summed E-state index contributed by atoms with van der Waals surface area (Å²) in [6.07, 6.45) is 0. The fraction of sp³-hybridized carbons (Fsp3) is 0.375. The van der Waals surface area contributed by atoms with Crippen LogP contribution in [0.1, 0.15) is 45.0 Å². The van der Waals surface area contributed by atoms with E-state index in [1.807, 2.05) is 0 Å². The first-order valence-corrected chi connectivity index (χ1v) is 10.7. The van der Waals surface area contributed by atoms with Crippen molar-refractivity contribution in [2.75, 3.05) is 25.1 Å². The molecule has 1 heterocycles. The first-order valence-electron chi connectivity index (χ1n) is 10.7. The van der Waals surface area contributed by atoms with E-state index in [-0.39, 0.29) is 30.1 Å². The van der Waals surface area contributed by atoms with Crippen molar-refractivity contribution in [2.45, 2.75) is 34.6 Å². The van der Waals surface area contributed by atoms with Gasteiger partial charge >= 0.3 is 17.9 Å². The standard InChI is InChI=1S/C24H28N2O8/c1-6-32-22(29)19-13(3)25-14(4)20(23(30)33-7-2)21(19)24(31)34-12-18(28)26-17-10-8-16(9-11-17)15(5)27/h8-11,21,25H,6-7,12H2,1-5H3,(H,26,28). The minimum atomic E-state index is -1.43. The number of carbonyl (C=O) groups excluding carboxylic acids is 5. The van der Waals surface area contributed by atoms with Gasteiger partial charge in [-0.2, -0.15) is 0 Å². The van der Waals surface area contributed by atoms with Gasteiger partial charge in [-0.15, -0.1) is 0 Å². The number of hydrogen-bond donors (Lipinski definition) is 2. The van der Waals surface area contributed by atoms with E-state index in [1.54, 1.807) is 52.0 Å². The molecule has 34 heavy (non-hydrogen) atoms. The number of Topliss-reactive ketones (excluding diaryl/α,β-unsaturated/α-hetero) is 1. The molecular weight excluding hydrogens is 444 g/mol. The maximum atomic E-state index is 13.1. The third-order valence-electron chi connectivity index (χ3n) is 4.91. The molecule has 10 heteroatoms. The lowest BCUT2D eigenvalue weighted by Gasteiger charge is -2.28. The lowest BCUT2D eigenvalue weighted by Crippen LogP contribution is -2.39. The smallest absolute Gasteiger partial charge is 0.337 e. The summed E-state index contributed by atoms with van der Waals surface area (Å²) in [6.45, 7) is 7.22. The summed E-state index contributed by atoms with van der Waals surface area (Å²) >= 11 is 0. The maximum Gasteiger partial charge on any atom is 0.337 e. The summed E-state index contributed by atoms with van der Waals surface area (Å²) in [5.41, 5.74) is 1.33. The summed E-state index contributed by atoms with van der Waals surface area (Å²) in [5, 5.41) is 5.44. The van der Waals surface area contributed by atoms with Gasteiger partial charge in [0.05, 0.1) is 24.4 Å². The Kier molecular flexibility index (Phi) is 9.11. The predicted octanol–water partition coefficient (Wildman–Crippen LogP) is 2.26. The van der Waals surface area contributed by atoms with Gasteiger partial charge in [0.2, 0.25) is 0 Å². The number of nitrogens with one attached hydrogen (secondary N) is 2. The van der Waals surface area contributed by atoms with E-state index in [0.29, 0.717) is 22.6 Å². The highest BCUT2D eigenvalue weighted by atomic mass is 16.5. The van der Waals surface area contributed by atoms with Crippen molar-refractivity contribution in [3.05, 3.63) is 52.4 Å². The molecule has 0 aliphatic carbocycles. The Morgan fingerprint density at radius 1 is 0.853 bits per heavy atom. The van der Waals surface area contributed by atoms with Crippen molar-refractivity contribution in [2.24, 2.45) is 5.92 Å². The van der Waals surface area contributed by atoms with Crippen molar-refractivity contribution in [1.82, 2.24) is 5.32 Å². The van der Waals surface area contributed by atoms with Crippen LogP contribution in [-0.2, 0) is 33.4 Å². The molecule has 1 aromatic carbocycles. The molecule has 0 atom stereocenters. The summed E-state index contributed by atoms with van der Waals surface area (Å²) in [5.74, 6) is -4.75. The molecule has 1 aliphatic heterocycles. The van der Waals surface area contributed by atoms with Gasteiger partial charge in [0.15, 0.2) is 12.4 Å². The van der Waals surface area contributed by atoms with Gasteiger partial charge in [-0.05, 0) is 58.9 Å². The number of ether oxygens (including phenoxy) is 3. The molecule has 10 nitrogen and oxygen atoms in total. The number of anilines is 1. The van der Waals surface area contributed by atoms with Crippen LogP contribution in [-0.4, -0.2) is 49.4 Å². The molecule has 0 unspecified atom stereocenters. The van der Waals surface area contributed by atoms with Gasteiger partial charge < -0.3 is 24.8 Å². The van der Waals surface area contributed by atoms with E-state index in [4.69, 9.17) is 14.2 Å². The number of rotatable bonds is 9. The van der Waals surface area contributed by atoms with E-state index in [1.165, 1.54) is 6.92 Å². The number of allylic oxidation sites excluding steroid dienone is 2. The second-order valence-corrected chi connectivity index (χ2v) is 7.37. The normalized spacial score (nSPS) is 13.7. The number of dihydropyridines is 1. The van der Waals surface area contributed by atoms with Crippen molar-refractivity contribution in [3.63, 3.8) is 0 Å². The van der Waals surface area contributed by atoms with Crippen molar-refractivity contribution in [1.29, 1.82) is 0 Å². The molecule has 0 aromatic heterocycles. The highest BCUT2D eigenvalue weighted by Gasteiger charge is 2.42. The number of benzene rings is 1. The largest absolute Gasteiger partial charge is 0.463 e. The van der Waals surface area contributed by atoms with Gasteiger partial charge in [0.1, 0.15) is 5.92 Å². The first kappa shape index (κ1) is 26.3. The van der Waals surface area contributed by atoms with Crippen LogP contribution in [0.3, 0.4) is 0 Å². The van der Waals surface area contributed by atoms with Crippen LogP contribution >= 0.6 is 0 Å². The van der Waals surface area contributed by atoms with Crippen LogP contribution in [0.25, 0.3) is 0 Å². The zero-order valence-electron chi connectivity index (χ0n) is 19.8. The second kappa shape index (κ2) is 11.8. The molecule has 0 saturated heterocycles. The summed E-state index contributed by atoms with van der Waals surface area (Å²) in [4.78, 5) is 61.9. The Balaban J connectivity index is 2.22. The van der Waals surface area contributed by atoms with Gasteiger partial charge in [-0.1, -0.05) is 0 Å². The van der Waals surface area contributed by atoms with Gasteiger partial charge in [-0.3, -0.25) is 14.4 Å². The van der Waals surface area contributed by atoms with Crippen LogP contribution in [0.2, 0.25) is 0 Å². The number of hydrogen-bond acceptors (Lipinski definition) is 9. The highest BCUT2D eigenvalue weighted by Crippen LogP contribution is 2.32. The molecule has 182 valence electrons. The van der Waals surface area contributed by atoms with Crippen molar-refractivity contribution >= 4 is 35.3 Å². The molecule has 1 aliphatic rings. The molecule has 1 aromatic rings. The number of amides is 1. The molecule has 2 N–H and O–H groups in total. The topological polar surface area (TPSA) is 137 Å². The zero-order valence-corrected chi connectivity index (χ0v) is 19.8. The van der Waals surface area contributed by atoms with E-state index in [9.17, 15) is 24.0 Å². The summed E-state index contributed by atoms with van der Waals surface area (Å²) in [7, 11) is 0. The lowest BCUT2D eigenvalue weighted by molar-refractivity contribution is -0.153. The van der Waals surface area contributed by atoms with Crippen LogP contribution in [0.5, 0.6) is 0 Å². The van der Waals surface area contributed by atoms with Gasteiger partial charge in [0, 0.05) is 22.6 Å². The fourth-order valence-corrected chi connectivity index (χ4v) is 3.39. The lowest BCUT2D eigenvalue weighted by atomic mass is 9.85. The van der Waals surface area contributed by atoms with E-state index >= 15 is 0 Å². The van der Waals surface area contributed by atoms with Crippen LogP contribution in [0.15, 0.2) is 46.8 Å². The van der Waals surface area contributed by atoms with Gasteiger partial charge in [0.25, 0.3) is 5.91 Å². The highest BCUT2D eigenvalue weighted by molar-refractivity contribution is 6.06. The molecule has 0 radical (unpaired) electrons. The molecule has 0 bridgehead atoms. The summed E-state index contributed by atoms with van der Waals surface area (Å²) in [6, 6.07) is 6.19. The number of ketones is 1. The SMILES string of the molecule is CCOC(=O)C1=C(C)NC(C)=C(C(=O)OCC)C1C(=O)OCC(=O)Nc1ccc(C(C)=O)cc1. The third-order valence-corrected chi connectivity index (χ3v) is 4.91. The van der Waals surface area contributed by atoms with E-state index in [2.05, 4.69) is 10.6 Å². The van der Waals surface area contributed by atoms with Crippen molar-refractivity contribution in [3.8, 4) is 0 Å². The fourth-order valence-electron chi connectivity index (χ4n) is 3.39. The molecule has 0 fully saturated rings. The monoisotopic (exact) mass is 472 g/mol. The quantitative estimate of drug-likeness (QED) is 0.315. The Bertz CT molecular complexity index is 1010. The molecular formula is C24H28N2O8. The molecule has 1 amide bonds. The van der Waals surface area contributed by atoms with Crippen LogP contribution < -0.4 is 10.6 Å². The number of esters is 3. The Morgan fingerprint density at radius 3 is 1.79 bits per heavy atom. The van der Waals surface area contributed by atoms with E-state index in [0.717, 1.165) is 0 Å².